The Balaban J connectivity index is 2.20. The summed E-state index contributed by atoms with van der Waals surface area (Å²) in [4.78, 5) is 0. The number of hydrogen-bond donors (Lipinski definition) is 0. The van der Waals surface area contributed by atoms with Crippen molar-refractivity contribution < 1.29 is 9.47 Å². The Bertz CT molecular complexity index is 219. The first kappa shape index (κ1) is 8.65. The van der Waals surface area contributed by atoms with E-state index in [2.05, 4.69) is 12.6 Å². The average Bonchev–Trinajstić information content (AvgIpc) is 2.14. The minimum Gasteiger partial charge on any atom is -0.498 e. The summed E-state index contributed by atoms with van der Waals surface area (Å²) in [6.45, 7) is 4.46. The second-order valence-corrected chi connectivity index (χ2v) is 2.11. The molecule has 1 rings (SSSR count). The molecule has 0 unspecified atom stereocenters. The zero-order valence-electron chi connectivity index (χ0n) is 6.82. The van der Waals surface area contributed by atoms with Gasteiger partial charge in [-0.2, -0.15) is 0 Å². The second kappa shape index (κ2) is 5.24. The van der Waals surface area contributed by atoms with Gasteiger partial charge in [-0.15, -0.1) is 0 Å². The molecule has 0 saturated carbocycles. The van der Waals surface area contributed by atoms with Gasteiger partial charge in [-0.25, -0.2) is 0 Å². The molecule has 63 valence electrons. The van der Waals surface area contributed by atoms with E-state index < -0.39 is 0 Å². The monoisotopic (exact) mass is 163 g/mol. The topological polar surface area (TPSA) is 18.5 Å². The van der Waals surface area contributed by atoms with Gasteiger partial charge < -0.3 is 9.47 Å². The van der Waals surface area contributed by atoms with Crippen molar-refractivity contribution >= 4 is 0 Å². The average molecular weight is 163 g/mol. The number of benzene rings is 1. The molecular formula is C10H11O2. The van der Waals surface area contributed by atoms with E-state index in [-0.39, 0.29) is 0 Å². The fourth-order valence-corrected chi connectivity index (χ4v) is 0.750. The van der Waals surface area contributed by atoms with Gasteiger partial charge in [-0.05, 0) is 6.07 Å². The molecule has 1 aromatic carbocycles. The predicted octanol–water partition coefficient (Wildman–Crippen LogP) is 2.03. The van der Waals surface area contributed by atoms with Gasteiger partial charge in [0.1, 0.15) is 19.0 Å². The van der Waals surface area contributed by atoms with Crippen LogP contribution in [-0.4, -0.2) is 13.2 Å². The van der Waals surface area contributed by atoms with E-state index in [1.54, 1.807) is 0 Å². The van der Waals surface area contributed by atoms with E-state index in [4.69, 9.17) is 9.47 Å². The molecule has 2 nitrogen and oxygen atoms in total. The Hall–Kier alpha value is -1.44. The van der Waals surface area contributed by atoms with Crippen molar-refractivity contribution in [2.24, 2.45) is 0 Å². The van der Waals surface area contributed by atoms with Crippen LogP contribution in [0.4, 0.5) is 0 Å². The zero-order chi connectivity index (χ0) is 8.65. The maximum atomic E-state index is 5.28. The molecule has 0 fully saturated rings. The molecule has 2 heteroatoms. The molecule has 0 N–H and O–H groups in total. The Morgan fingerprint density at radius 3 is 3.00 bits per heavy atom. The summed E-state index contributed by atoms with van der Waals surface area (Å²) in [5, 5.41) is 0. The van der Waals surface area contributed by atoms with Crippen LogP contribution >= 0.6 is 0 Å². The maximum absolute atomic E-state index is 5.28. The van der Waals surface area contributed by atoms with Gasteiger partial charge in [0.2, 0.25) is 0 Å². The molecule has 0 aliphatic carbocycles. The Morgan fingerprint density at radius 1 is 1.42 bits per heavy atom. The zero-order valence-corrected chi connectivity index (χ0v) is 6.82. The molecule has 1 radical (unpaired) electrons. The first-order valence-electron chi connectivity index (χ1n) is 3.75. The van der Waals surface area contributed by atoms with E-state index >= 15 is 0 Å². The summed E-state index contributed by atoms with van der Waals surface area (Å²) < 4.78 is 10.2. The van der Waals surface area contributed by atoms with Crippen LogP contribution < -0.4 is 4.74 Å². The SMILES string of the molecule is C=COCCOc1[c]cccc1. The van der Waals surface area contributed by atoms with Gasteiger partial charge in [-0.1, -0.05) is 24.8 Å². The summed E-state index contributed by atoms with van der Waals surface area (Å²) in [6.07, 6.45) is 1.40. The second-order valence-electron chi connectivity index (χ2n) is 2.11. The van der Waals surface area contributed by atoms with Crippen LogP contribution in [-0.2, 0) is 4.74 Å². The summed E-state index contributed by atoms with van der Waals surface area (Å²) >= 11 is 0. The molecular weight excluding hydrogens is 152 g/mol. The van der Waals surface area contributed by atoms with Crippen LogP contribution in [0.3, 0.4) is 0 Å². The van der Waals surface area contributed by atoms with Crippen molar-refractivity contribution in [3.05, 3.63) is 43.2 Å². The standard InChI is InChI=1S/C10H11O2/c1-2-11-8-9-12-10-6-4-3-5-7-10/h2-6H,1,8-9H2. The summed E-state index contributed by atoms with van der Waals surface area (Å²) in [6, 6.07) is 10.4. The lowest BCUT2D eigenvalue weighted by Gasteiger charge is -2.04. The third kappa shape index (κ3) is 3.10. The van der Waals surface area contributed by atoms with Gasteiger partial charge in [0.25, 0.3) is 0 Å². The van der Waals surface area contributed by atoms with E-state index in [0.717, 1.165) is 5.75 Å². The van der Waals surface area contributed by atoms with Crippen molar-refractivity contribution in [1.29, 1.82) is 0 Å². The lowest BCUT2D eigenvalue weighted by molar-refractivity contribution is 0.179. The van der Waals surface area contributed by atoms with Crippen molar-refractivity contribution in [3.63, 3.8) is 0 Å². The molecule has 0 bridgehead atoms. The fourth-order valence-electron chi connectivity index (χ4n) is 0.750. The Morgan fingerprint density at radius 2 is 2.33 bits per heavy atom. The molecule has 0 amide bonds. The normalized spacial score (nSPS) is 9.00. The fraction of sp³-hybridized carbons (Fsp3) is 0.200. The molecule has 0 saturated heterocycles. The van der Waals surface area contributed by atoms with Gasteiger partial charge in [0.15, 0.2) is 0 Å². The maximum Gasteiger partial charge on any atom is 0.127 e. The van der Waals surface area contributed by atoms with E-state index in [1.165, 1.54) is 6.26 Å². The molecule has 0 atom stereocenters. The lowest BCUT2D eigenvalue weighted by atomic mass is 10.3. The van der Waals surface area contributed by atoms with Gasteiger partial charge in [-0.3, -0.25) is 0 Å². The van der Waals surface area contributed by atoms with Crippen LogP contribution in [0.25, 0.3) is 0 Å². The predicted molar refractivity (Wildman–Crippen MR) is 46.9 cm³/mol. The molecule has 0 spiro atoms. The van der Waals surface area contributed by atoms with Crippen LogP contribution in [0.15, 0.2) is 37.1 Å². The Labute approximate surface area is 72.4 Å². The molecule has 0 aliphatic heterocycles. The van der Waals surface area contributed by atoms with Crippen LogP contribution in [0, 0.1) is 6.07 Å². The Kier molecular flexibility index (Phi) is 3.78. The van der Waals surface area contributed by atoms with E-state index in [1.807, 2.05) is 24.3 Å². The number of ether oxygens (including phenoxy) is 2. The number of hydrogen-bond acceptors (Lipinski definition) is 2. The first-order chi connectivity index (χ1) is 5.93. The molecule has 0 heterocycles. The molecule has 0 aromatic heterocycles. The summed E-state index contributed by atoms with van der Waals surface area (Å²) in [7, 11) is 0. The lowest BCUT2D eigenvalue weighted by Crippen LogP contribution is -2.03. The quantitative estimate of drug-likeness (QED) is 0.488. The van der Waals surface area contributed by atoms with Gasteiger partial charge in [0, 0.05) is 6.07 Å². The minimum absolute atomic E-state index is 0.520. The number of rotatable bonds is 5. The van der Waals surface area contributed by atoms with Crippen molar-refractivity contribution in [1.82, 2.24) is 0 Å². The van der Waals surface area contributed by atoms with Crippen molar-refractivity contribution in [2.45, 2.75) is 0 Å². The van der Waals surface area contributed by atoms with Crippen molar-refractivity contribution in [3.8, 4) is 5.75 Å². The van der Waals surface area contributed by atoms with Crippen LogP contribution in [0.2, 0.25) is 0 Å². The highest BCUT2D eigenvalue weighted by molar-refractivity contribution is 5.19. The largest absolute Gasteiger partial charge is 0.498 e. The number of para-hydroxylation sites is 1. The van der Waals surface area contributed by atoms with E-state index in [0.29, 0.717) is 13.2 Å². The smallest absolute Gasteiger partial charge is 0.127 e. The third-order valence-corrected chi connectivity index (χ3v) is 1.26. The minimum atomic E-state index is 0.520. The highest BCUT2D eigenvalue weighted by atomic mass is 16.5. The van der Waals surface area contributed by atoms with Crippen LogP contribution in [0.1, 0.15) is 0 Å². The summed E-state index contributed by atoms with van der Waals surface area (Å²) in [5.74, 6) is 0.741. The van der Waals surface area contributed by atoms with Crippen LogP contribution in [0.5, 0.6) is 5.75 Å². The highest BCUT2D eigenvalue weighted by Crippen LogP contribution is 2.06. The molecule has 0 aliphatic rings. The van der Waals surface area contributed by atoms with Gasteiger partial charge in [0.05, 0.1) is 6.26 Å². The summed E-state index contributed by atoms with van der Waals surface area (Å²) in [5.41, 5.74) is 0. The first-order valence-corrected chi connectivity index (χ1v) is 3.75. The molecule has 12 heavy (non-hydrogen) atoms. The molecule has 1 aromatic rings. The van der Waals surface area contributed by atoms with Crippen molar-refractivity contribution in [2.75, 3.05) is 13.2 Å². The highest BCUT2D eigenvalue weighted by Gasteiger charge is 1.89. The third-order valence-electron chi connectivity index (χ3n) is 1.26. The van der Waals surface area contributed by atoms with Gasteiger partial charge >= 0.3 is 0 Å². The van der Waals surface area contributed by atoms with E-state index in [9.17, 15) is 0 Å².